The molecular weight excluding hydrogens is 286 g/mol. The molecule has 0 saturated heterocycles. The number of nitrogens with zero attached hydrogens (tertiary/aromatic N) is 2. The lowest BCUT2D eigenvalue weighted by Gasteiger charge is -2.06. The van der Waals surface area contributed by atoms with E-state index in [0.29, 0.717) is 12.5 Å². The van der Waals surface area contributed by atoms with Gasteiger partial charge in [-0.05, 0) is 30.2 Å². The largest absolute Gasteiger partial charge is 0.490 e. The van der Waals surface area contributed by atoms with Gasteiger partial charge in [0.05, 0.1) is 6.54 Å². The van der Waals surface area contributed by atoms with E-state index in [9.17, 15) is 0 Å². The van der Waals surface area contributed by atoms with Crippen LogP contribution in [0, 0.1) is 5.92 Å². The highest BCUT2D eigenvalue weighted by molar-refractivity contribution is 5.73. The van der Waals surface area contributed by atoms with Crippen molar-refractivity contribution >= 4 is 17.0 Å². The summed E-state index contributed by atoms with van der Waals surface area (Å²) in [5, 5.41) is 0. The van der Waals surface area contributed by atoms with Crippen molar-refractivity contribution < 1.29 is 9.30 Å². The van der Waals surface area contributed by atoms with E-state index in [-0.39, 0.29) is 0 Å². The lowest BCUT2D eigenvalue weighted by atomic mass is 10.2. The first-order valence-electron chi connectivity index (χ1n) is 8.11. The Morgan fingerprint density at radius 1 is 1.04 bits per heavy atom. The number of nitrogen functional groups attached to an aromatic ring is 1. The van der Waals surface area contributed by atoms with Gasteiger partial charge >= 0.3 is 5.95 Å². The summed E-state index contributed by atoms with van der Waals surface area (Å²) in [5.74, 6) is 2.22. The highest BCUT2D eigenvalue weighted by atomic mass is 16.5. The monoisotopic (exact) mass is 310 g/mol. The molecule has 2 N–H and O–H groups in total. The summed E-state index contributed by atoms with van der Waals surface area (Å²) in [6.45, 7) is 6.65. The SMILES string of the molecule is CC(C)C[n+]1c(N)n(CCOc2ccccc2)c2ccccc21. The van der Waals surface area contributed by atoms with Gasteiger partial charge in [0.1, 0.15) is 29.9 Å². The first-order chi connectivity index (χ1) is 11.2. The standard InChI is InChI=1S/C19H23N3O/c1-15(2)14-22-18-11-7-6-10-17(18)21(19(22)20)12-13-23-16-8-4-3-5-9-16/h3-11,15,20H,12-14H2,1-2H3/p+1. The average Bonchev–Trinajstić information content (AvgIpc) is 2.81. The Hall–Kier alpha value is -2.49. The highest BCUT2D eigenvalue weighted by Gasteiger charge is 2.21. The summed E-state index contributed by atoms with van der Waals surface area (Å²) < 4.78 is 10.2. The van der Waals surface area contributed by atoms with Crippen LogP contribution >= 0.6 is 0 Å². The first-order valence-corrected chi connectivity index (χ1v) is 8.11. The highest BCUT2D eigenvalue weighted by Crippen LogP contribution is 2.17. The van der Waals surface area contributed by atoms with E-state index in [1.165, 1.54) is 5.52 Å². The number of nitrogens with two attached hydrogens (primary N) is 1. The minimum atomic E-state index is 0.544. The van der Waals surface area contributed by atoms with Crippen molar-refractivity contribution in [2.75, 3.05) is 12.3 Å². The molecule has 0 unspecified atom stereocenters. The molecule has 0 radical (unpaired) electrons. The van der Waals surface area contributed by atoms with Gasteiger partial charge in [-0.1, -0.05) is 44.2 Å². The van der Waals surface area contributed by atoms with Gasteiger partial charge in [-0.15, -0.1) is 0 Å². The summed E-state index contributed by atoms with van der Waals surface area (Å²) in [7, 11) is 0. The van der Waals surface area contributed by atoms with E-state index >= 15 is 0 Å². The smallest absolute Gasteiger partial charge is 0.356 e. The van der Waals surface area contributed by atoms with Crippen molar-refractivity contribution in [3.05, 3.63) is 54.6 Å². The number of hydrogen-bond acceptors (Lipinski definition) is 2. The summed E-state index contributed by atoms with van der Waals surface area (Å²) in [5.41, 5.74) is 8.75. The fourth-order valence-corrected chi connectivity index (χ4v) is 2.88. The molecule has 0 spiro atoms. The summed E-state index contributed by atoms with van der Waals surface area (Å²) in [6.07, 6.45) is 0. The summed E-state index contributed by atoms with van der Waals surface area (Å²) in [6, 6.07) is 18.2. The van der Waals surface area contributed by atoms with Crippen LogP contribution in [0.1, 0.15) is 13.8 Å². The van der Waals surface area contributed by atoms with Crippen LogP contribution in [0.4, 0.5) is 5.95 Å². The van der Waals surface area contributed by atoms with Crippen LogP contribution < -0.4 is 15.0 Å². The molecule has 3 rings (SSSR count). The van der Waals surface area contributed by atoms with Gasteiger partial charge in [-0.2, -0.15) is 0 Å². The molecule has 4 nitrogen and oxygen atoms in total. The van der Waals surface area contributed by atoms with Gasteiger partial charge in [0.2, 0.25) is 0 Å². The Bertz CT molecular complexity index is 778. The molecule has 4 heteroatoms. The van der Waals surface area contributed by atoms with E-state index in [1.807, 2.05) is 30.3 Å². The molecule has 0 amide bonds. The Kier molecular flexibility index (Phi) is 4.51. The van der Waals surface area contributed by atoms with E-state index in [0.717, 1.165) is 30.3 Å². The molecule has 23 heavy (non-hydrogen) atoms. The molecule has 0 atom stereocenters. The number of fused-ring (bicyclic) bond motifs is 1. The van der Waals surface area contributed by atoms with Crippen LogP contribution in [0.5, 0.6) is 5.75 Å². The molecule has 2 aromatic carbocycles. The molecule has 0 aliphatic carbocycles. The summed E-state index contributed by atoms with van der Waals surface area (Å²) in [4.78, 5) is 0. The second kappa shape index (κ2) is 6.73. The third-order valence-corrected chi connectivity index (χ3v) is 3.89. The van der Waals surface area contributed by atoms with Gasteiger partial charge in [0.15, 0.2) is 0 Å². The van der Waals surface area contributed by atoms with Crippen molar-refractivity contribution in [2.24, 2.45) is 5.92 Å². The summed E-state index contributed by atoms with van der Waals surface area (Å²) >= 11 is 0. The van der Waals surface area contributed by atoms with Crippen molar-refractivity contribution in [3.63, 3.8) is 0 Å². The van der Waals surface area contributed by atoms with E-state index < -0.39 is 0 Å². The van der Waals surface area contributed by atoms with E-state index in [2.05, 4.69) is 47.2 Å². The predicted octanol–water partition coefficient (Wildman–Crippen LogP) is 3.25. The van der Waals surface area contributed by atoms with Crippen LogP contribution in [-0.2, 0) is 13.1 Å². The maximum atomic E-state index is 6.41. The maximum Gasteiger partial charge on any atom is 0.356 e. The van der Waals surface area contributed by atoms with Gasteiger partial charge in [0, 0.05) is 0 Å². The topological polar surface area (TPSA) is 44.1 Å². The number of para-hydroxylation sites is 3. The molecule has 0 bridgehead atoms. The fourth-order valence-electron chi connectivity index (χ4n) is 2.88. The van der Waals surface area contributed by atoms with Crippen LogP contribution in [0.25, 0.3) is 11.0 Å². The molecular formula is C19H24N3O+. The molecule has 0 aliphatic rings. The molecule has 0 saturated carbocycles. The zero-order valence-electron chi connectivity index (χ0n) is 13.8. The number of anilines is 1. The minimum absolute atomic E-state index is 0.544. The molecule has 120 valence electrons. The fraction of sp³-hybridized carbons (Fsp3) is 0.316. The number of rotatable bonds is 6. The second-order valence-corrected chi connectivity index (χ2v) is 6.16. The quantitative estimate of drug-likeness (QED) is 0.710. The normalized spacial score (nSPS) is 11.3. The molecule has 0 aliphatic heterocycles. The molecule has 1 aromatic heterocycles. The van der Waals surface area contributed by atoms with Crippen LogP contribution in [0.15, 0.2) is 54.6 Å². The van der Waals surface area contributed by atoms with Gasteiger partial charge in [-0.25, -0.2) is 9.13 Å². The van der Waals surface area contributed by atoms with Crippen molar-refractivity contribution in [1.29, 1.82) is 0 Å². The Morgan fingerprint density at radius 3 is 2.48 bits per heavy atom. The zero-order valence-corrected chi connectivity index (χ0v) is 13.8. The maximum absolute atomic E-state index is 6.41. The van der Waals surface area contributed by atoms with Crippen LogP contribution in [0.3, 0.4) is 0 Å². The average molecular weight is 310 g/mol. The van der Waals surface area contributed by atoms with Crippen molar-refractivity contribution in [1.82, 2.24) is 4.57 Å². The van der Waals surface area contributed by atoms with Crippen molar-refractivity contribution in [3.8, 4) is 5.75 Å². The number of hydrogen-bond donors (Lipinski definition) is 1. The van der Waals surface area contributed by atoms with Crippen LogP contribution in [0.2, 0.25) is 0 Å². The minimum Gasteiger partial charge on any atom is -0.490 e. The predicted molar refractivity (Wildman–Crippen MR) is 93.3 cm³/mol. The van der Waals surface area contributed by atoms with Crippen LogP contribution in [-0.4, -0.2) is 11.2 Å². The number of benzene rings is 2. The van der Waals surface area contributed by atoms with Crippen molar-refractivity contribution in [2.45, 2.75) is 26.9 Å². The molecule has 0 fully saturated rings. The number of ether oxygens (including phenoxy) is 1. The first kappa shape index (κ1) is 15.4. The lowest BCUT2D eigenvalue weighted by molar-refractivity contribution is -0.663. The van der Waals surface area contributed by atoms with Gasteiger partial charge in [-0.3, -0.25) is 5.73 Å². The van der Waals surface area contributed by atoms with E-state index in [1.54, 1.807) is 0 Å². The Morgan fingerprint density at radius 2 is 1.74 bits per heavy atom. The Labute approximate surface area is 137 Å². The molecule has 3 aromatic rings. The van der Waals surface area contributed by atoms with Gasteiger partial charge in [0.25, 0.3) is 0 Å². The Balaban J connectivity index is 1.84. The zero-order chi connectivity index (χ0) is 16.2. The van der Waals surface area contributed by atoms with Gasteiger partial charge < -0.3 is 4.74 Å². The lowest BCUT2D eigenvalue weighted by Crippen LogP contribution is -2.39. The number of imidazole rings is 1. The molecule has 1 heterocycles. The number of aromatic nitrogens is 2. The second-order valence-electron chi connectivity index (χ2n) is 6.16. The van der Waals surface area contributed by atoms with E-state index in [4.69, 9.17) is 10.5 Å². The third kappa shape index (κ3) is 3.31. The third-order valence-electron chi connectivity index (χ3n) is 3.89.